The van der Waals surface area contributed by atoms with E-state index in [1.807, 2.05) is 24.3 Å². The highest BCUT2D eigenvalue weighted by Crippen LogP contribution is 2.29. The summed E-state index contributed by atoms with van der Waals surface area (Å²) in [5, 5.41) is 0. The molecule has 2 rings (SSSR count). The highest BCUT2D eigenvalue weighted by atomic mass is 16.5. The molecule has 0 fully saturated rings. The van der Waals surface area contributed by atoms with Crippen molar-refractivity contribution in [2.45, 2.75) is 0 Å². The molecule has 1 heterocycles. The normalized spacial score (nSPS) is 13.6. The van der Waals surface area contributed by atoms with Crippen molar-refractivity contribution in [1.82, 2.24) is 0 Å². The van der Waals surface area contributed by atoms with Crippen molar-refractivity contribution < 1.29 is 14.3 Å². The fraction of sp³-hybridized carbons (Fsp3) is 0.182. The molecule has 0 N–H and O–H groups in total. The van der Waals surface area contributed by atoms with Crippen molar-refractivity contribution in [3.8, 4) is 11.5 Å². The molecule has 0 aromatic heterocycles. The van der Waals surface area contributed by atoms with Gasteiger partial charge in [-0.2, -0.15) is 0 Å². The molecule has 1 aromatic carbocycles. The van der Waals surface area contributed by atoms with Crippen LogP contribution in [0.1, 0.15) is 5.56 Å². The van der Waals surface area contributed by atoms with Gasteiger partial charge in [0.2, 0.25) is 0 Å². The number of carbonyl (C=O) groups is 1. The molecule has 72 valence electrons. The number of rotatable bonds is 2. The van der Waals surface area contributed by atoms with Gasteiger partial charge in [0, 0.05) is 11.1 Å². The van der Waals surface area contributed by atoms with Crippen molar-refractivity contribution in [2.24, 2.45) is 0 Å². The standard InChI is InChI=1S/C11H10O3/c1-13-10-2-3-11-9(5-10)4-8(6-12)7-14-11/h2-6H,7H2,1H3. The fourth-order valence-electron chi connectivity index (χ4n) is 1.37. The van der Waals surface area contributed by atoms with Gasteiger partial charge < -0.3 is 9.47 Å². The summed E-state index contributed by atoms with van der Waals surface area (Å²) in [6.07, 6.45) is 2.62. The summed E-state index contributed by atoms with van der Waals surface area (Å²) >= 11 is 0. The summed E-state index contributed by atoms with van der Waals surface area (Å²) < 4.78 is 10.4. The molecule has 0 bridgehead atoms. The number of benzene rings is 1. The summed E-state index contributed by atoms with van der Waals surface area (Å²) in [5.74, 6) is 1.55. The van der Waals surface area contributed by atoms with Crippen molar-refractivity contribution in [2.75, 3.05) is 13.7 Å². The SMILES string of the molecule is COc1ccc2c(c1)C=C(C=O)CO2. The van der Waals surface area contributed by atoms with E-state index in [0.717, 1.165) is 23.3 Å². The summed E-state index contributed by atoms with van der Waals surface area (Å²) in [5.41, 5.74) is 1.53. The Labute approximate surface area is 81.9 Å². The molecule has 0 radical (unpaired) electrons. The van der Waals surface area contributed by atoms with Gasteiger partial charge in [-0.1, -0.05) is 0 Å². The van der Waals surface area contributed by atoms with E-state index in [-0.39, 0.29) is 0 Å². The van der Waals surface area contributed by atoms with Crippen LogP contribution in [0.15, 0.2) is 23.8 Å². The van der Waals surface area contributed by atoms with Crippen molar-refractivity contribution >= 4 is 12.4 Å². The van der Waals surface area contributed by atoms with Crippen LogP contribution in [0.4, 0.5) is 0 Å². The monoisotopic (exact) mass is 190 g/mol. The van der Waals surface area contributed by atoms with Gasteiger partial charge in [-0.05, 0) is 24.3 Å². The molecule has 14 heavy (non-hydrogen) atoms. The predicted octanol–water partition coefficient (Wildman–Crippen LogP) is 1.67. The number of fused-ring (bicyclic) bond motifs is 1. The third kappa shape index (κ3) is 1.48. The largest absolute Gasteiger partial charge is 0.497 e. The summed E-state index contributed by atoms with van der Waals surface area (Å²) in [7, 11) is 1.61. The van der Waals surface area contributed by atoms with Crippen LogP contribution in [-0.2, 0) is 4.79 Å². The minimum atomic E-state index is 0.350. The third-order valence-corrected chi connectivity index (χ3v) is 2.10. The Kier molecular flexibility index (Phi) is 2.23. The topological polar surface area (TPSA) is 35.5 Å². The molecule has 0 aliphatic carbocycles. The second kappa shape index (κ2) is 3.54. The molecular weight excluding hydrogens is 180 g/mol. The summed E-state index contributed by atoms with van der Waals surface area (Å²) in [4.78, 5) is 10.5. The minimum Gasteiger partial charge on any atom is -0.497 e. The maximum Gasteiger partial charge on any atom is 0.149 e. The molecule has 3 nitrogen and oxygen atoms in total. The van der Waals surface area contributed by atoms with Gasteiger partial charge in [-0.25, -0.2) is 0 Å². The zero-order valence-corrected chi connectivity index (χ0v) is 7.82. The predicted molar refractivity (Wildman–Crippen MR) is 52.5 cm³/mol. The lowest BCUT2D eigenvalue weighted by Crippen LogP contribution is -2.07. The first-order chi connectivity index (χ1) is 6.83. The Morgan fingerprint density at radius 2 is 2.36 bits per heavy atom. The fourth-order valence-corrected chi connectivity index (χ4v) is 1.37. The van der Waals surface area contributed by atoms with E-state index in [1.54, 1.807) is 7.11 Å². The van der Waals surface area contributed by atoms with E-state index >= 15 is 0 Å². The molecule has 1 aliphatic rings. The Hall–Kier alpha value is -1.77. The zero-order valence-electron chi connectivity index (χ0n) is 7.82. The number of hydrogen-bond donors (Lipinski definition) is 0. The van der Waals surface area contributed by atoms with Gasteiger partial charge in [0.15, 0.2) is 0 Å². The lowest BCUT2D eigenvalue weighted by atomic mass is 10.1. The summed E-state index contributed by atoms with van der Waals surface area (Å²) in [6.45, 7) is 0.350. The van der Waals surface area contributed by atoms with Crippen LogP contribution in [0.5, 0.6) is 11.5 Å². The number of hydrogen-bond acceptors (Lipinski definition) is 3. The molecule has 0 saturated heterocycles. The Morgan fingerprint density at radius 3 is 3.07 bits per heavy atom. The van der Waals surface area contributed by atoms with Gasteiger partial charge in [-0.3, -0.25) is 4.79 Å². The number of ether oxygens (including phenoxy) is 2. The van der Waals surface area contributed by atoms with Crippen molar-refractivity contribution in [3.63, 3.8) is 0 Å². The maximum atomic E-state index is 10.5. The number of carbonyl (C=O) groups excluding carboxylic acids is 1. The second-order valence-corrected chi connectivity index (χ2v) is 3.03. The number of methoxy groups -OCH3 is 1. The van der Waals surface area contributed by atoms with Gasteiger partial charge in [0.1, 0.15) is 24.4 Å². The average Bonchev–Trinajstić information content (AvgIpc) is 2.27. The molecule has 0 atom stereocenters. The molecule has 0 saturated carbocycles. The Morgan fingerprint density at radius 1 is 1.50 bits per heavy atom. The maximum absolute atomic E-state index is 10.5. The molecule has 0 spiro atoms. The van der Waals surface area contributed by atoms with Gasteiger partial charge in [0.05, 0.1) is 7.11 Å². The second-order valence-electron chi connectivity index (χ2n) is 3.03. The third-order valence-electron chi connectivity index (χ3n) is 2.10. The van der Waals surface area contributed by atoms with Crippen molar-refractivity contribution in [3.05, 3.63) is 29.3 Å². The minimum absolute atomic E-state index is 0.350. The van der Waals surface area contributed by atoms with E-state index in [1.165, 1.54) is 0 Å². The Bertz CT molecular complexity index is 394. The van der Waals surface area contributed by atoms with Gasteiger partial charge in [-0.15, -0.1) is 0 Å². The highest BCUT2D eigenvalue weighted by molar-refractivity contribution is 5.84. The van der Waals surface area contributed by atoms with Crippen LogP contribution in [0.25, 0.3) is 6.08 Å². The smallest absolute Gasteiger partial charge is 0.149 e. The van der Waals surface area contributed by atoms with E-state index < -0.39 is 0 Å². The van der Waals surface area contributed by atoms with E-state index in [4.69, 9.17) is 9.47 Å². The van der Waals surface area contributed by atoms with Crippen LogP contribution in [-0.4, -0.2) is 20.0 Å². The lowest BCUT2D eigenvalue weighted by Gasteiger charge is -2.15. The first-order valence-electron chi connectivity index (χ1n) is 4.30. The first-order valence-corrected chi connectivity index (χ1v) is 4.30. The molecule has 0 amide bonds. The van der Waals surface area contributed by atoms with E-state index in [2.05, 4.69) is 0 Å². The van der Waals surface area contributed by atoms with E-state index in [9.17, 15) is 4.79 Å². The van der Waals surface area contributed by atoms with Crippen LogP contribution >= 0.6 is 0 Å². The zero-order chi connectivity index (χ0) is 9.97. The Balaban J connectivity index is 2.44. The molecular formula is C11H10O3. The lowest BCUT2D eigenvalue weighted by molar-refractivity contribution is -0.105. The van der Waals surface area contributed by atoms with Gasteiger partial charge >= 0.3 is 0 Å². The molecule has 3 heteroatoms. The quantitative estimate of drug-likeness (QED) is 0.665. The van der Waals surface area contributed by atoms with Crippen molar-refractivity contribution in [1.29, 1.82) is 0 Å². The highest BCUT2D eigenvalue weighted by Gasteiger charge is 2.11. The van der Waals surface area contributed by atoms with Crippen LogP contribution in [0.3, 0.4) is 0 Å². The number of aldehydes is 1. The molecule has 0 unspecified atom stereocenters. The van der Waals surface area contributed by atoms with Crippen LogP contribution in [0.2, 0.25) is 0 Å². The molecule has 1 aromatic rings. The molecule has 1 aliphatic heterocycles. The first kappa shape index (κ1) is 8.81. The average molecular weight is 190 g/mol. The van der Waals surface area contributed by atoms with E-state index in [0.29, 0.717) is 12.2 Å². The van der Waals surface area contributed by atoms with Crippen LogP contribution in [0, 0.1) is 0 Å². The summed E-state index contributed by atoms with van der Waals surface area (Å²) in [6, 6.07) is 5.52. The van der Waals surface area contributed by atoms with Gasteiger partial charge in [0.25, 0.3) is 0 Å². The van der Waals surface area contributed by atoms with Crippen LogP contribution < -0.4 is 9.47 Å².